The number of aromatic amines is 1. The molecule has 1 unspecified atom stereocenters. The molecule has 1 fully saturated rings. The lowest BCUT2D eigenvalue weighted by molar-refractivity contribution is 0.0599. The van der Waals surface area contributed by atoms with E-state index in [1.54, 1.807) is 15.8 Å². The van der Waals surface area contributed by atoms with E-state index in [2.05, 4.69) is 10.1 Å². The first kappa shape index (κ1) is 18.7. The lowest BCUT2D eigenvalue weighted by Crippen LogP contribution is -2.42. The van der Waals surface area contributed by atoms with Gasteiger partial charge in [0.2, 0.25) is 0 Å². The topological polar surface area (TPSA) is 88.1 Å². The van der Waals surface area contributed by atoms with Crippen LogP contribution < -0.4 is 5.56 Å². The van der Waals surface area contributed by atoms with Gasteiger partial charge in [-0.25, -0.2) is 0 Å². The third kappa shape index (κ3) is 3.19. The summed E-state index contributed by atoms with van der Waals surface area (Å²) in [6, 6.07) is 3.32. The van der Waals surface area contributed by atoms with Crippen LogP contribution in [0.5, 0.6) is 0 Å². The molecule has 4 rings (SSSR count). The van der Waals surface area contributed by atoms with Gasteiger partial charge < -0.3 is 9.88 Å². The van der Waals surface area contributed by atoms with Crippen molar-refractivity contribution in [3.63, 3.8) is 0 Å². The number of pyridine rings is 1. The second kappa shape index (κ2) is 6.72. The molecule has 1 atom stereocenters. The standard InChI is InChI=1S/C21H26N4O3/c1-21(2)11-15-13(18(26)12-21)10-14(19(27)23-15)20(28)25-9-5-4-6-17(25)16-7-8-22-24(16)3/h7-8,10,17H,4-6,9,11-12H2,1-3H3,(H,23,27). The van der Waals surface area contributed by atoms with Crippen molar-refractivity contribution >= 4 is 11.7 Å². The second-order valence-electron chi connectivity index (χ2n) is 8.74. The fourth-order valence-electron chi connectivity index (χ4n) is 4.53. The maximum atomic E-state index is 13.3. The highest BCUT2D eigenvalue weighted by Crippen LogP contribution is 2.34. The molecule has 0 aromatic carbocycles. The predicted octanol–water partition coefficient (Wildman–Crippen LogP) is 2.63. The number of carbonyl (C=O) groups excluding carboxylic acids is 2. The van der Waals surface area contributed by atoms with Crippen LogP contribution in [0.25, 0.3) is 0 Å². The molecule has 0 radical (unpaired) electrons. The Labute approximate surface area is 163 Å². The molecule has 1 aliphatic heterocycles. The summed E-state index contributed by atoms with van der Waals surface area (Å²) in [5.41, 5.74) is 1.54. The lowest BCUT2D eigenvalue weighted by atomic mass is 9.75. The first-order chi connectivity index (χ1) is 13.3. The summed E-state index contributed by atoms with van der Waals surface area (Å²) < 4.78 is 1.78. The van der Waals surface area contributed by atoms with Crippen molar-refractivity contribution in [1.82, 2.24) is 19.7 Å². The number of nitrogens with one attached hydrogen (secondary N) is 1. The number of aryl methyl sites for hydroxylation is 1. The molecule has 1 amide bonds. The van der Waals surface area contributed by atoms with E-state index in [0.717, 1.165) is 25.0 Å². The van der Waals surface area contributed by atoms with Gasteiger partial charge in [0.15, 0.2) is 5.78 Å². The van der Waals surface area contributed by atoms with Crippen molar-refractivity contribution in [2.45, 2.75) is 52.0 Å². The average molecular weight is 382 g/mol. The quantitative estimate of drug-likeness (QED) is 0.865. The normalized spacial score (nSPS) is 21.5. The molecule has 148 valence electrons. The van der Waals surface area contributed by atoms with Gasteiger partial charge >= 0.3 is 0 Å². The number of rotatable bonds is 2. The molecule has 7 heteroatoms. The molecule has 1 saturated heterocycles. The molecule has 0 spiro atoms. The van der Waals surface area contributed by atoms with Crippen LogP contribution >= 0.6 is 0 Å². The summed E-state index contributed by atoms with van der Waals surface area (Å²) in [5, 5.41) is 4.22. The van der Waals surface area contributed by atoms with Gasteiger partial charge in [-0.2, -0.15) is 5.10 Å². The van der Waals surface area contributed by atoms with Crippen molar-refractivity contribution in [3.8, 4) is 0 Å². The highest BCUT2D eigenvalue weighted by molar-refractivity contribution is 6.02. The van der Waals surface area contributed by atoms with E-state index >= 15 is 0 Å². The van der Waals surface area contributed by atoms with Gasteiger partial charge in [0.25, 0.3) is 11.5 Å². The monoisotopic (exact) mass is 382 g/mol. The highest BCUT2D eigenvalue weighted by atomic mass is 16.2. The van der Waals surface area contributed by atoms with Gasteiger partial charge in [-0.3, -0.25) is 19.1 Å². The molecule has 0 saturated carbocycles. The Hall–Kier alpha value is -2.70. The molecular weight excluding hydrogens is 356 g/mol. The fourth-order valence-corrected chi connectivity index (χ4v) is 4.53. The Kier molecular flexibility index (Phi) is 4.48. The number of hydrogen-bond acceptors (Lipinski definition) is 4. The van der Waals surface area contributed by atoms with E-state index in [1.165, 1.54) is 6.07 Å². The zero-order chi connectivity index (χ0) is 20.1. The number of H-pyrrole nitrogens is 1. The molecule has 2 aliphatic rings. The minimum absolute atomic E-state index is 0.0154. The van der Waals surface area contributed by atoms with Gasteiger partial charge in [-0.05, 0) is 43.2 Å². The molecular formula is C21H26N4O3. The van der Waals surface area contributed by atoms with Crippen LogP contribution in [0.1, 0.15) is 77.7 Å². The van der Waals surface area contributed by atoms with Crippen LogP contribution in [0.4, 0.5) is 0 Å². The Morgan fingerprint density at radius 3 is 2.75 bits per heavy atom. The summed E-state index contributed by atoms with van der Waals surface area (Å²) in [6.07, 6.45) is 5.52. The first-order valence-electron chi connectivity index (χ1n) is 9.85. The van der Waals surface area contributed by atoms with Crippen LogP contribution in [0, 0.1) is 5.41 Å². The van der Waals surface area contributed by atoms with E-state index in [0.29, 0.717) is 30.6 Å². The number of carbonyl (C=O) groups is 2. The van der Waals surface area contributed by atoms with Crippen molar-refractivity contribution in [2.75, 3.05) is 6.54 Å². The number of likely N-dealkylation sites (tertiary alicyclic amines) is 1. The van der Waals surface area contributed by atoms with Crippen molar-refractivity contribution < 1.29 is 9.59 Å². The Morgan fingerprint density at radius 2 is 2.04 bits per heavy atom. The summed E-state index contributed by atoms with van der Waals surface area (Å²) in [5.74, 6) is -0.328. The van der Waals surface area contributed by atoms with Crippen LogP contribution in [0.3, 0.4) is 0 Å². The molecule has 28 heavy (non-hydrogen) atoms. The number of ketones is 1. The number of hydrogen-bond donors (Lipinski definition) is 1. The lowest BCUT2D eigenvalue weighted by Gasteiger charge is -2.36. The van der Waals surface area contributed by atoms with E-state index in [4.69, 9.17) is 0 Å². The van der Waals surface area contributed by atoms with Gasteiger partial charge in [0, 0.05) is 37.5 Å². The van der Waals surface area contributed by atoms with Gasteiger partial charge in [-0.1, -0.05) is 13.8 Å². The number of nitrogens with zero attached hydrogens (tertiary/aromatic N) is 3. The van der Waals surface area contributed by atoms with Crippen LogP contribution in [-0.4, -0.2) is 37.9 Å². The number of Topliss-reactive ketones (excluding diaryl/α,β-unsaturated/α-hetero) is 1. The SMILES string of the molecule is Cn1nccc1C1CCCCN1C(=O)c1cc2c([nH]c1=O)CC(C)(C)CC2=O. The summed E-state index contributed by atoms with van der Waals surface area (Å²) in [6.45, 7) is 4.61. The zero-order valence-corrected chi connectivity index (χ0v) is 16.6. The fraction of sp³-hybridized carbons (Fsp3) is 0.524. The Morgan fingerprint density at radius 1 is 1.25 bits per heavy atom. The third-order valence-corrected chi connectivity index (χ3v) is 5.91. The number of fused-ring (bicyclic) bond motifs is 1. The number of amides is 1. The molecule has 7 nitrogen and oxygen atoms in total. The largest absolute Gasteiger partial charge is 0.330 e. The van der Waals surface area contributed by atoms with E-state index < -0.39 is 5.56 Å². The minimum Gasteiger partial charge on any atom is -0.330 e. The zero-order valence-electron chi connectivity index (χ0n) is 16.6. The number of piperidine rings is 1. The summed E-state index contributed by atoms with van der Waals surface area (Å²) >= 11 is 0. The van der Waals surface area contributed by atoms with Crippen molar-refractivity contribution in [3.05, 3.63) is 51.2 Å². The maximum Gasteiger partial charge on any atom is 0.261 e. The summed E-state index contributed by atoms with van der Waals surface area (Å²) in [4.78, 5) is 43.2. The molecule has 2 aromatic rings. The van der Waals surface area contributed by atoms with Crippen molar-refractivity contribution in [2.24, 2.45) is 12.5 Å². The smallest absolute Gasteiger partial charge is 0.261 e. The number of aromatic nitrogens is 3. The second-order valence-corrected chi connectivity index (χ2v) is 8.74. The van der Waals surface area contributed by atoms with Crippen molar-refractivity contribution in [1.29, 1.82) is 0 Å². The maximum absolute atomic E-state index is 13.3. The van der Waals surface area contributed by atoms with E-state index in [1.807, 2.05) is 27.0 Å². The van der Waals surface area contributed by atoms with Gasteiger partial charge in [-0.15, -0.1) is 0 Å². The van der Waals surface area contributed by atoms with Crippen LogP contribution in [0.15, 0.2) is 23.1 Å². The van der Waals surface area contributed by atoms with Gasteiger partial charge in [0.1, 0.15) is 5.56 Å². The summed E-state index contributed by atoms with van der Waals surface area (Å²) in [7, 11) is 1.86. The Bertz CT molecular complexity index is 1000. The predicted molar refractivity (Wildman–Crippen MR) is 104 cm³/mol. The Balaban J connectivity index is 1.72. The van der Waals surface area contributed by atoms with Crippen LogP contribution in [0.2, 0.25) is 0 Å². The van der Waals surface area contributed by atoms with E-state index in [-0.39, 0.29) is 28.7 Å². The van der Waals surface area contributed by atoms with Gasteiger partial charge in [0.05, 0.1) is 11.7 Å². The molecule has 1 aliphatic carbocycles. The highest BCUT2D eigenvalue weighted by Gasteiger charge is 2.35. The van der Waals surface area contributed by atoms with E-state index in [9.17, 15) is 14.4 Å². The molecule has 1 N–H and O–H groups in total. The third-order valence-electron chi connectivity index (χ3n) is 5.91. The molecule has 3 heterocycles. The van der Waals surface area contributed by atoms with Crippen LogP contribution in [-0.2, 0) is 13.5 Å². The molecule has 2 aromatic heterocycles. The average Bonchev–Trinajstić information content (AvgIpc) is 3.05. The molecule has 0 bridgehead atoms. The first-order valence-corrected chi connectivity index (χ1v) is 9.85. The minimum atomic E-state index is -0.413.